The minimum absolute atomic E-state index is 0.215. The maximum Gasteiger partial charge on any atom is 0.119 e. The maximum absolute atomic E-state index is 6.24. The van der Waals surface area contributed by atoms with E-state index in [0.717, 1.165) is 25.0 Å². The molecule has 17 heavy (non-hydrogen) atoms. The molecule has 1 atom stereocenters. The molecule has 0 aromatic heterocycles. The Balaban J connectivity index is 2.19. The largest absolute Gasteiger partial charge is 0.491 e. The van der Waals surface area contributed by atoms with Crippen LogP contribution in [0.4, 0.5) is 0 Å². The number of benzene rings is 1. The van der Waals surface area contributed by atoms with E-state index in [1.54, 1.807) is 0 Å². The smallest absolute Gasteiger partial charge is 0.119 e. The zero-order valence-corrected chi connectivity index (χ0v) is 10.7. The summed E-state index contributed by atoms with van der Waals surface area (Å²) in [5.41, 5.74) is 14.4. The maximum atomic E-state index is 6.24. The van der Waals surface area contributed by atoms with Crippen molar-refractivity contribution in [3.05, 3.63) is 29.3 Å². The molecule has 0 bridgehead atoms. The first kappa shape index (κ1) is 12.4. The third kappa shape index (κ3) is 2.79. The van der Waals surface area contributed by atoms with Crippen molar-refractivity contribution in [2.45, 2.75) is 44.8 Å². The third-order valence-electron chi connectivity index (χ3n) is 3.39. The summed E-state index contributed by atoms with van der Waals surface area (Å²) in [6.07, 6.45) is 3.05. The molecular weight excluding hydrogens is 212 g/mol. The molecule has 0 amide bonds. The van der Waals surface area contributed by atoms with E-state index in [9.17, 15) is 0 Å². The number of aryl methyl sites for hydroxylation is 1. The van der Waals surface area contributed by atoms with Crippen molar-refractivity contribution in [3.63, 3.8) is 0 Å². The molecule has 1 aromatic rings. The zero-order valence-electron chi connectivity index (χ0n) is 10.7. The summed E-state index contributed by atoms with van der Waals surface area (Å²) in [5.74, 6) is 0.955. The normalized spacial score (nSPS) is 23.6. The SMILES string of the molecule is CC(C)Oc1ccc2c(c1)CCC(N)(CN)C2. The van der Waals surface area contributed by atoms with Crippen molar-refractivity contribution in [2.75, 3.05) is 6.54 Å². The van der Waals surface area contributed by atoms with Gasteiger partial charge in [-0.05, 0) is 56.4 Å². The first-order valence-corrected chi connectivity index (χ1v) is 6.30. The number of hydrogen-bond donors (Lipinski definition) is 2. The van der Waals surface area contributed by atoms with Crippen LogP contribution in [0.3, 0.4) is 0 Å². The molecule has 0 spiro atoms. The minimum Gasteiger partial charge on any atom is -0.491 e. The van der Waals surface area contributed by atoms with Gasteiger partial charge in [-0.3, -0.25) is 0 Å². The highest BCUT2D eigenvalue weighted by molar-refractivity contribution is 5.39. The monoisotopic (exact) mass is 234 g/mol. The van der Waals surface area contributed by atoms with Crippen LogP contribution in [0.2, 0.25) is 0 Å². The molecule has 0 fully saturated rings. The summed E-state index contributed by atoms with van der Waals surface area (Å²) in [6, 6.07) is 6.30. The second kappa shape index (κ2) is 4.67. The first-order chi connectivity index (χ1) is 8.02. The number of nitrogens with two attached hydrogens (primary N) is 2. The van der Waals surface area contributed by atoms with E-state index in [4.69, 9.17) is 16.2 Å². The molecule has 1 aliphatic rings. The van der Waals surface area contributed by atoms with Gasteiger partial charge in [0.1, 0.15) is 5.75 Å². The predicted molar refractivity (Wildman–Crippen MR) is 70.2 cm³/mol. The summed E-state index contributed by atoms with van der Waals surface area (Å²) in [7, 11) is 0. The van der Waals surface area contributed by atoms with E-state index in [-0.39, 0.29) is 11.6 Å². The Morgan fingerprint density at radius 2 is 2.12 bits per heavy atom. The molecule has 1 unspecified atom stereocenters. The van der Waals surface area contributed by atoms with Crippen molar-refractivity contribution in [1.82, 2.24) is 0 Å². The van der Waals surface area contributed by atoms with E-state index >= 15 is 0 Å². The van der Waals surface area contributed by atoms with Gasteiger partial charge in [-0.2, -0.15) is 0 Å². The van der Waals surface area contributed by atoms with E-state index in [0.29, 0.717) is 6.54 Å². The predicted octanol–water partition coefficient (Wildman–Crippen LogP) is 1.62. The fourth-order valence-electron chi connectivity index (χ4n) is 2.38. The lowest BCUT2D eigenvalue weighted by molar-refractivity contribution is 0.241. The highest BCUT2D eigenvalue weighted by Gasteiger charge is 2.29. The lowest BCUT2D eigenvalue weighted by Crippen LogP contribution is -2.51. The molecule has 3 heteroatoms. The van der Waals surface area contributed by atoms with Crippen LogP contribution in [0.15, 0.2) is 18.2 Å². The van der Waals surface area contributed by atoms with Gasteiger partial charge in [0.15, 0.2) is 0 Å². The van der Waals surface area contributed by atoms with Crippen LogP contribution in [-0.2, 0) is 12.8 Å². The molecule has 0 radical (unpaired) electrons. The topological polar surface area (TPSA) is 61.3 Å². The lowest BCUT2D eigenvalue weighted by atomic mass is 9.78. The van der Waals surface area contributed by atoms with Gasteiger partial charge < -0.3 is 16.2 Å². The van der Waals surface area contributed by atoms with Gasteiger partial charge in [0.25, 0.3) is 0 Å². The second-order valence-electron chi connectivity index (χ2n) is 5.34. The summed E-state index contributed by atoms with van der Waals surface area (Å²) >= 11 is 0. The standard InChI is InChI=1S/C14H22N2O/c1-10(2)17-13-4-3-12-8-14(16,9-15)6-5-11(12)7-13/h3-4,7,10H,5-6,8-9,15-16H2,1-2H3. The Morgan fingerprint density at radius 3 is 2.76 bits per heavy atom. The molecule has 3 nitrogen and oxygen atoms in total. The van der Waals surface area contributed by atoms with Crippen LogP contribution < -0.4 is 16.2 Å². The average molecular weight is 234 g/mol. The Hall–Kier alpha value is -1.06. The van der Waals surface area contributed by atoms with Crippen LogP contribution in [0.5, 0.6) is 5.75 Å². The van der Waals surface area contributed by atoms with Gasteiger partial charge in [-0.25, -0.2) is 0 Å². The van der Waals surface area contributed by atoms with Gasteiger partial charge in [-0.15, -0.1) is 0 Å². The molecule has 94 valence electrons. The van der Waals surface area contributed by atoms with Crippen molar-refractivity contribution in [1.29, 1.82) is 0 Å². The molecule has 2 rings (SSSR count). The van der Waals surface area contributed by atoms with Gasteiger partial charge >= 0.3 is 0 Å². The third-order valence-corrected chi connectivity index (χ3v) is 3.39. The first-order valence-electron chi connectivity index (χ1n) is 6.30. The van der Waals surface area contributed by atoms with Crippen LogP contribution in [-0.4, -0.2) is 18.2 Å². The van der Waals surface area contributed by atoms with Crippen molar-refractivity contribution in [3.8, 4) is 5.75 Å². The Labute approximate surface area is 103 Å². The summed E-state index contributed by atoms with van der Waals surface area (Å²) in [4.78, 5) is 0. The van der Waals surface area contributed by atoms with Crippen LogP contribution in [0.25, 0.3) is 0 Å². The van der Waals surface area contributed by atoms with Gasteiger partial charge in [-0.1, -0.05) is 6.07 Å². The Kier molecular flexibility index (Phi) is 3.40. The van der Waals surface area contributed by atoms with Crippen LogP contribution >= 0.6 is 0 Å². The fraction of sp³-hybridized carbons (Fsp3) is 0.571. The van der Waals surface area contributed by atoms with Gasteiger partial charge in [0, 0.05) is 12.1 Å². The Morgan fingerprint density at radius 1 is 1.35 bits per heavy atom. The molecule has 0 saturated carbocycles. The van der Waals surface area contributed by atoms with Gasteiger partial charge in [0.05, 0.1) is 6.10 Å². The molecule has 0 saturated heterocycles. The lowest BCUT2D eigenvalue weighted by Gasteiger charge is -2.33. The second-order valence-corrected chi connectivity index (χ2v) is 5.34. The number of hydrogen-bond acceptors (Lipinski definition) is 3. The molecule has 1 aromatic carbocycles. The quantitative estimate of drug-likeness (QED) is 0.835. The molecule has 4 N–H and O–H groups in total. The van der Waals surface area contributed by atoms with E-state index < -0.39 is 0 Å². The number of ether oxygens (including phenoxy) is 1. The van der Waals surface area contributed by atoms with E-state index in [1.165, 1.54) is 11.1 Å². The minimum atomic E-state index is -0.215. The summed E-state index contributed by atoms with van der Waals surface area (Å²) in [5, 5.41) is 0. The van der Waals surface area contributed by atoms with E-state index in [1.807, 2.05) is 19.9 Å². The Bertz CT molecular complexity index is 403. The van der Waals surface area contributed by atoms with Crippen LogP contribution in [0, 0.1) is 0 Å². The number of rotatable bonds is 3. The highest BCUT2D eigenvalue weighted by Crippen LogP contribution is 2.29. The highest BCUT2D eigenvalue weighted by atomic mass is 16.5. The molecular formula is C14H22N2O. The fourth-order valence-corrected chi connectivity index (χ4v) is 2.38. The summed E-state index contributed by atoms with van der Waals surface area (Å²) in [6.45, 7) is 4.63. The average Bonchev–Trinajstić information content (AvgIpc) is 2.29. The summed E-state index contributed by atoms with van der Waals surface area (Å²) < 4.78 is 5.70. The van der Waals surface area contributed by atoms with Crippen LogP contribution in [0.1, 0.15) is 31.4 Å². The van der Waals surface area contributed by atoms with Crippen molar-refractivity contribution < 1.29 is 4.74 Å². The zero-order chi connectivity index (χ0) is 12.5. The van der Waals surface area contributed by atoms with E-state index in [2.05, 4.69) is 12.1 Å². The molecule has 1 aliphatic carbocycles. The molecule has 0 heterocycles. The number of fused-ring (bicyclic) bond motifs is 1. The van der Waals surface area contributed by atoms with Crippen molar-refractivity contribution in [2.24, 2.45) is 11.5 Å². The van der Waals surface area contributed by atoms with Crippen molar-refractivity contribution >= 4 is 0 Å². The molecule has 0 aliphatic heterocycles. The van der Waals surface area contributed by atoms with Gasteiger partial charge in [0.2, 0.25) is 0 Å².